The fourth-order valence-corrected chi connectivity index (χ4v) is 2.47. The number of carbonyl (C=O) groups excluding carboxylic acids is 1. The van der Waals surface area contributed by atoms with E-state index < -0.39 is 0 Å². The van der Waals surface area contributed by atoms with E-state index in [0.29, 0.717) is 6.04 Å². The van der Waals surface area contributed by atoms with Gasteiger partial charge in [0, 0.05) is 17.6 Å². The maximum atomic E-state index is 12.3. The van der Waals surface area contributed by atoms with Crippen LogP contribution in [0, 0.1) is 13.8 Å². The number of benzene rings is 1. The average Bonchev–Trinajstić information content (AvgIpc) is 2.35. The molecule has 1 aromatic rings. The predicted octanol–water partition coefficient (Wildman–Crippen LogP) is 2.60. The van der Waals surface area contributed by atoms with Crippen LogP contribution in [0.1, 0.15) is 41.3 Å². The second kappa shape index (κ2) is 6.92. The van der Waals surface area contributed by atoms with Crippen molar-refractivity contribution in [2.24, 2.45) is 0 Å². The van der Waals surface area contributed by atoms with E-state index in [1.165, 1.54) is 0 Å². The second-order valence-electron chi connectivity index (χ2n) is 5.28. The van der Waals surface area contributed by atoms with Crippen molar-refractivity contribution in [3.05, 3.63) is 34.9 Å². The molecule has 4 heteroatoms. The summed E-state index contributed by atoms with van der Waals surface area (Å²) in [6.07, 6.45) is 2.19. The van der Waals surface area contributed by atoms with Gasteiger partial charge in [0.2, 0.25) is 0 Å². The molecule has 19 heavy (non-hydrogen) atoms. The molecule has 0 radical (unpaired) electrons. The van der Waals surface area contributed by atoms with Crippen molar-refractivity contribution in [2.75, 3.05) is 6.54 Å². The molecule has 0 aliphatic carbocycles. The first-order valence-corrected chi connectivity index (χ1v) is 6.69. The van der Waals surface area contributed by atoms with Gasteiger partial charge in [0.1, 0.15) is 0 Å². The first-order chi connectivity index (χ1) is 8.58. The monoisotopic (exact) mass is 282 g/mol. The van der Waals surface area contributed by atoms with Gasteiger partial charge < -0.3 is 10.6 Å². The molecule has 106 valence electrons. The van der Waals surface area contributed by atoms with Crippen molar-refractivity contribution >= 4 is 18.3 Å². The Morgan fingerprint density at radius 2 is 2.11 bits per heavy atom. The van der Waals surface area contributed by atoms with Crippen LogP contribution in [0.5, 0.6) is 0 Å². The van der Waals surface area contributed by atoms with Crippen LogP contribution in [0.25, 0.3) is 0 Å². The maximum absolute atomic E-state index is 12.3. The standard InChI is InChI=1S/C15H22N2O.ClH/c1-10-6-7-11(2)13(9-10)15(18)17-14-5-4-8-16-12(14)3;/h6-7,9,12,14,16H,4-5,8H2,1-3H3,(H,17,18);1H. The van der Waals surface area contributed by atoms with Gasteiger partial charge in [-0.1, -0.05) is 17.7 Å². The molecule has 2 unspecified atom stereocenters. The molecule has 1 aliphatic heterocycles. The predicted molar refractivity (Wildman–Crippen MR) is 81.1 cm³/mol. The molecular formula is C15H23ClN2O. The Hall–Kier alpha value is -1.06. The van der Waals surface area contributed by atoms with Crippen LogP contribution in [0.3, 0.4) is 0 Å². The number of hydrogen-bond acceptors (Lipinski definition) is 2. The van der Waals surface area contributed by atoms with Crippen molar-refractivity contribution < 1.29 is 4.79 Å². The summed E-state index contributed by atoms with van der Waals surface area (Å²) in [7, 11) is 0. The summed E-state index contributed by atoms with van der Waals surface area (Å²) in [5.74, 6) is 0.0525. The van der Waals surface area contributed by atoms with Gasteiger partial charge in [0.25, 0.3) is 5.91 Å². The van der Waals surface area contributed by atoms with E-state index in [-0.39, 0.29) is 24.4 Å². The molecule has 0 spiro atoms. The van der Waals surface area contributed by atoms with E-state index in [2.05, 4.69) is 17.6 Å². The van der Waals surface area contributed by atoms with Crippen LogP contribution in [0.15, 0.2) is 18.2 Å². The number of amides is 1. The first-order valence-electron chi connectivity index (χ1n) is 6.69. The van der Waals surface area contributed by atoms with Crippen LogP contribution in [0.4, 0.5) is 0 Å². The number of nitrogens with one attached hydrogen (secondary N) is 2. The SMILES string of the molecule is Cc1ccc(C)c(C(=O)NC2CCCNC2C)c1.Cl. The number of carbonyl (C=O) groups is 1. The van der Waals surface area contributed by atoms with Crippen LogP contribution in [0.2, 0.25) is 0 Å². The third kappa shape index (κ3) is 3.95. The summed E-state index contributed by atoms with van der Waals surface area (Å²) in [6, 6.07) is 6.61. The fraction of sp³-hybridized carbons (Fsp3) is 0.533. The molecule has 1 amide bonds. The van der Waals surface area contributed by atoms with E-state index in [9.17, 15) is 4.79 Å². The van der Waals surface area contributed by atoms with Gasteiger partial charge in [-0.3, -0.25) is 4.79 Å². The van der Waals surface area contributed by atoms with Gasteiger partial charge in [-0.15, -0.1) is 12.4 Å². The zero-order valence-electron chi connectivity index (χ0n) is 11.8. The Morgan fingerprint density at radius 1 is 1.37 bits per heavy atom. The molecule has 3 nitrogen and oxygen atoms in total. The molecule has 1 aliphatic rings. The van der Waals surface area contributed by atoms with Gasteiger partial charge in [0.15, 0.2) is 0 Å². The first kappa shape index (κ1) is 16.0. The number of piperidine rings is 1. The molecule has 0 aromatic heterocycles. The van der Waals surface area contributed by atoms with Crippen molar-refractivity contribution in [1.82, 2.24) is 10.6 Å². The zero-order valence-corrected chi connectivity index (χ0v) is 12.6. The summed E-state index contributed by atoms with van der Waals surface area (Å²) < 4.78 is 0. The average molecular weight is 283 g/mol. The van der Waals surface area contributed by atoms with Gasteiger partial charge in [0.05, 0.1) is 0 Å². The molecule has 0 bridgehead atoms. The second-order valence-corrected chi connectivity index (χ2v) is 5.28. The van der Waals surface area contributed by atoms with Crippen LogP contribution < -0.4 is 10.6 Å². The van der Waals surface area contributed by atoms with Crippen LogP contribution in [-0.4, -0.2) is 24.5 Å². The van der Waals surface area contributed by atoms with Crippen molar-refractivity contribution in [3.8, 4) is 0 Å². The highest BCUT2D eigenvalue weighted by Crippen LogP contribution is 2.13. The van der Waals surface area contributed by atoms with Gasteiger partial charge >= 0.3 is 0 Å². The Bertz CT molecular complexity index is 448. The van der Waals surface area contributed by atoms with Gasteiger partial charge in [-0.2, -0.15) is 0 Å². The third-order valence-corrected chi connectivity index (χ3v) is 3.72. The lowest BCUT2D eigenvalue weighted by molar-refractivity contribution is 0.0919. The Labute approximate surface area is 121 Å². The normalized spacial score (nSPS) is 22.5. The lowest BCUT2D eigenvalue weighted by Crippen LogP contribution is -2.52. The minimum atomic E-state index is 0. The van der Waals surface area contributed by atoms with Gasteiger partial charge in [-0.05, 0) is 51.8 Å². The summed E-state index contributed by atoms with van der Waals surface area (Å²) in [5.41, 5.74) is 2.96. The number of hydrogen-bond donors (Lipinski definition) is 2. The largest absolute Gasteiger partial charge is 0.348 e. The Balaban J connectivity index is 0.00000180. The molecule has 1 heterocycles. The Morgan fingerprint density at radius 3 is 2.79 bits per heavy atom. The Kier molecular flexibility index (Phi) is 5.83. The third-order valence-electron chi connectivity index (χ3n) is 3.72. The lowest BCUT2D eigenvalue weighted by Gasteiger charge is -2.30. The van der Waals surface area contributed by atoms with Crippen molar-refractivity contribution in [3.63, 3.8) is 0 Å². The molecule has 1 aromatic carbocycles. The number of aryl methyl sites for hydroxylation is 2. The fourth-order valence-electron chi connectivity index (χ4n) is 2.47. The van der Waals surface area contributed by atoms with Crippen molar-refractivity contribution in [2.45, 2.75) is 45.7 Å². The molecule has 2 N–H and O–H groups in total. The summed E-state index contributed by atoms with van der Waals surface area (Å²) in [6.45, 7) is 7.18. The van der Waals surface area contributed by atoms with Crippen LogP contribution in [-0.2, 0) is 0 Å². The number of halogens is 1. The quantitative estimate of drug-likeness (QED) is 0.875. The van der Waals surface area contributed by atoms with Crippen LogP contribution >= 0.6 is 12.4 Å². The number of rotatable bonds is 2. The highest BCUT2D eigenvalue weighted by Gasteiger charge is 2.23. The molecule has 1 fully saturated rings. The maximum Gasteiger partial charge on any atom is 0.251 e. The van der Waals surface area contributed by atoms with E-state index in [0.717, 1.165) is 36.1 Å². The van der Waals surface area contributed by atoms with Gasteiger partial charge in [-0.25, -0.2) is 0 Å². The van der Waals surface area contributed by atoms with E-state index >= 15 is 0 Å². The molecular weight excluding hydrogens is 260 g/mol. The lowest BCUT2D eigenvalue weighted by atomic mass is 9.98. The molecule has 0 saturated carbocycles. The molecule has 1 saturated heterocycles. The van der Waals surface area contributed by atoms with Crippen molar-refractivity contribution in [1.29, 1.82) is 0 Å². The zero-order chi connectivity index (χ0) is 13.1. The van der Waals surface area contributed by atoms with E-state index in [4.69, 9.17) is 0 Å². The van der Waals surface area contributed by atoms with E-state index in [1.807, 2.05) is 32.0 Å². The highest BCUT2D eigenvalue weighted by atomic mass is 35.5. The topological polar surface area (TPSA) is 41.1 Å². The highest BCUT2D eigenvalue weighted by molar-refractivity contribution is 5.96. The molecule has 2 rings (SSSR count). The summed E-state index contributed by atoms with van der Waals surface area (Å²) in [4.78, 5) is 12.3. The summed E-state index contributed by atoms with van der Waals surface area (Å²) >= 11 is 0. The van der Waals surface area contributed by atoms with E-state index in [1.54, 1.807) is 0 Å². The minimum Gasteiger partial charge on any atom is -0.348 e. The summed E-state index contributed by atoms with van der Waals surface area (Å²) in [5, 5.41) is 6.55. The smallest absolute Gasteiger partial charge is 0.251 e. The molecule has 2 atom stereocenters. The minimum absolute atomic E-state index is 0.